The van der Waals surface area contributed by atoms with Crippen molar-refractivity contribution in [2.24, 2.45) is 0 Å². The molecule has 1 fully saturated rings. The molecule has 4 aromatic rings. The normalized spacial score (nSPS) is 18.5. The van der Waals surface area contributed by atoms with Crippen molar-refractivity contribution in [2.45, 2.75) is 44.9 Å². The molecule has 0 saturated carbocycles. The minimum absolute atomic E-state index is 0.00335. The van der Waals surface area contributed by atoms with Gasteiger partial charge in [-0.05, 0) is 71.6 Å². The molecule has 1 saturated heterocycles. The van der Waals surface area contributed by atoms with Crippen LogP contribution in [0.1, 0.15) is 49.4 Å². The van der Waals surface area contributed by atoms with Gasteiger partial charge in [0.2, 0.25) is 5.95 Å². The number of carbonyl (C=O) groups is 1. The lowest BCUT2D eigenvalue weighted by atomic mass is 10.1. The smallest absolute Gasteiger partial charge is 0.253 e. The Bertz CT molecular complexity index is 1680. The number of anilines is 2. The fourth-order valence-corrected chi connectivity index (χ4v) is 5.83. The van der Waals surface area contributed by atoms with Gasteiger partial charge in [0.15, 0.2) is 11.6 Å². The Morgan fingerprint density at radius 1 is 1.24 bits per heavy atom. The molecule has 2 aliphatic rings. The van der Waals surface area contributed by atoms with E-state index in [4.69, 9.17) is 16.3 Å². The van der Waals surface area contributed by atoms with Crippen LogP contribution in [0.4, 0.5) is 16.0 Å². The van der Waals surface area contributed by atoms with Crippen molar-refractivity contribution in [3.63, 3.8) is 0 Å². The number of ether oxygens (including phenoxy) is 1. The number of aromatic nitrogens is 4. The van der Waals surface area contributed by atoms with Crippen LogP contribution in [0, 0.1) is 5.82 Å². The number of nitrogens with zero attached hydrogens (tertiary/aromatic N) is 6. The highest BCUT2D eigenvalue weighted by molar-refractivity contribution is 6.33. The van der Waals surface area contributed by atoms with Gasteiger partial charge in [0, 0.05) is 35.9 Å². The molecule has 0 aliphatic carbocycles. The van der Waals surface area contributed by atoms with Gasteiger partial charge in [-0.2, -0.15) is 0 Å². The van der Waals surface area contributed by atoms with E-state index < -0.39 is 11.4 Å². The standard InChI is InChI=1S/C30H33ClFN7O3/c1-16-15-42-26-20(12-22(32)24-25(26)39(16)28(35-24)30(2,3)41)23-21(31)13-33-29(36-23)34-18-8-6-17(7-9-18)27(40)38-11-10-19(14-38)37(4)5/h6-9,12-13,16,19,41H,10-11,14-15H2,1-5H3,(H,33,34,36)/t16-,19-/m0/s1. The van der Waals surface area contributed by atoms with Crippen molar-refractivity contribution >= 4 is 40.2 Å². The van der Waals surface area contributed by atoms with Gasteiger partial charge < -0.3 is 29.5 Å². The van der Waals surface area contributed by atoms with E-state index in [1.807, 2.05) is 30.5 Å². The van der Waals surface area contributed by atoms with Crippen LogP contribution >= 0.6 is 11.6 Å². The van der Waals surface area contributed by atoms with Crippen LogP contribution in [0.3, 0.4) is 0 Å². The first kappa shape index (κ1) is 28.3. The monoisotopic (exact) mass is 593 g/mol. The molecule has 0 radical (unpaired) electrons. The third-order valence-electron chi connectivity index (χ3n) is 7.89. The third kappa shape index (κ3) is 4.95. The number of nitrogens with one attached hydrogen (secondary N) is 1. The highest BCUT2D eigenvalue weighted by Gasteiger charge is 2.35. The molecular weight excluding hydrogens is 561 g/mol. The minimum atomic E-state index is -1.29. The molecule has 0 unspecified atom stereocenters. The van der Waals surface area contributed by atoms with Crippen molar-refractivity contribution in [1.82, 2.24) is 29.3 Å². The Morgan fingerprint density at radius 3 is 2.64 bits per heavy atom. The molecule has 42 heavy (non-hydrogen) atoms. The highest BCUT2D eigenvalue weighted by Crippen LogP contribution is 2.45. The van der Waals surface area contributed by atoms with Gasteiger partial charge in [-0.1, -0.05) is 11.6 Å². The van der Waals surface area contributed by atoms with Crippen molar-refractivity contribution in [1.29, 1.82) is 0 Å². The summed E-state index contributed by atoms with van der Waals surface area (Å²) in [5.41, 5.74) is 1.19. The van der Waals surface area contributed by atoms with Crippen molar-refractivity contribution in [2.75, 3.05) is 39.1 Å². The van der Waals surface area contributed by atoms with Gasteiger partial charge in [0.05, 0.1) is 23.0 Å². The number of halogens is 2. The molecule has 2 aromatic carbocycles. The van der Waals surface area contributed by atoms with Crippen LogP contribution in [0.5, 0.6) is 5.75 Å². The highest BCUT2D eigenvalue weighted by atomic mass is 35.5. The number of likely N-dealkylation sites (tertiary alicyclic amines) is 1. The molecule has 4 heterocycles. The molecule has 2 aromatic heterocycles. The van der Waals surface area contributed by atoms with Crippen LogP contribution in [-0.2, 0) is 5.60 Å². The SMILES string of the molecule is C[C@H]1COc2c(-c3nc(Nc4ccc(C(=O)N5CC[C@H](N(C)C)C5)cc4)ncc3Cl)cc(F)c3nc(C(C)(C)O)n1c23. The Balaban J connectivity index is 1.30. The summed E-state index contributed by atoms with van der Waals surface area (Å²) in [6.45, 7) is 6.91. The number of likely N-dealkylation sites (N-methyl/N-ethyl adjacent to an activating group) is 1. The Kier molecular flexibility index (Phi) is 7.07. The first-order chi connectivity index (χ1) is 19.9. The Labute approximate surface area is 248 Å². The molecule has 10 nitrogen and oxygen atoms in total. The second-order valence-corrected chi connectivity index (χ2v) is 12.1. The summed E-state index contributed by atoms with van der Waals surface area (Å²) in [6.07, 6.45) is 2.40. The van der Waals surface area contributed by atoms with E-state index >= 15 is 4.39 Å². The fraction of sp³-hybridized carbons (Fsp3) is 0.400. The van der Waals surface area contributed by atoms with E-state index in [-0.39, 0.29) is 34.1 Å². The van der Waals surface area contributed by atoms with Crippen LogP contribution in [-0.4, -0.2) is 80.2 Å². The molecule has 0 spiro atoms. The third-order valence-corrected chi connectivity index (χ3v) is 8.17. The fourth-order valence-electron chi connectivity index (χ4n) is 5.64. The second-order valence-electron chi connectivity index (χ2n) is 11.7. The van der Waals surface area contributed by atoms with Crippen LogP contribution < -0.4 is 10.1 Å². The Morgan fingerprint density at radius 2 is 1.98 bits per heavy atom. The lowest BCUT2D eigenvalue weighted by Gasteiger charge is -2.28. The molecule has 2 aliphatic heterocycles. The number of hydrogen-bond acceptors (Lipinski definition) is 8. The van der Waals surface area contributed by atoms with E-state index in [0.29, 0.717) is 53.1 Å². The maximum atomic E-state index is 15.5. The first-order valence-electron chi connectivity index (χ1n) is 13.9. The molecule has 0 bridgehead atoms. The molecule has 2 N–H and O–H groups in total. The molecule has 2 atom stereocenters. The van der Waals surface area contributed by atoms with E-state index in [9.17, 15) is 9.90 Å². The largest absolute Gasteiger partial charge is 0.488 e. The number of hydrogen-bond donors (Lipinski definition) is 2. The van der Waals surface area contributed by atoms with Crippen LogP contribution in [0.15, 0.2) is 36.5 Å². The van der Waals surface area contributed by atoms with Crippen LogP contribution in [0.25, 0.3) is 22.3 Å². The van der Waals surface area contributed by atoms with E-state index in [1.54, 1.807) is 38.1 Å². The molecule has 12 heteroatoms. The summed E-state index contributed by atoms with van der Waals surface area (Å²) in [7, 11) is 4.06. The number of benzene rings is 2. The maximum Gasteiger partial charge on any atom is 0.253 e. The van der Waals surface area contributed by atoms with Gasteiger partial charge in [-0.3, -0.25) is 4.79 Å². The van der Waals surface area contributed by atoms with Gasteiger partial charge in [0.1, 0.15) is 29.1 Å². The average molecular weight is 594 g/mol. The van der Waals surface area contributed by atoms with E-state index in [0.717, 1.165) is 13.0 Å². The summed E-state index contributed by atoms with van der Waals surface area (Å²) in [4.78, 5) is 30.4. The van der Waals surface area contributed by atoms with Gasteiger partial charge in [-0.25, -0.2) is 19.3 Å². The van der Waals surface area contributed by atoms with Crippen molar-refractivity contribution in [3.05, 3.63) is 58.8 Å². The summed E-state index contributed by atoms with van der Waals surface area (Å²) in [6, 6.07) is 8.63. The van der Waals surface area contributed by atoms with E-state index in [1.165, 1.54) is 12.3 Å². The molecule has 220 valence electrons. The molecule has 6 rings (SSSR count). The number of amides is 1. The summed E-state index contributed by atoms with van der Waals surface area (Å²) in [5.74, 6) is 0.407. The first-order valence-corrected chi connectivity index (χ1v) is 14.3. The van der Waals surface area contributed by atoms with Crippen LogP contribution in [0.2, 0.25) is 5.02 Å². The van der Waals surface area contributed by atoms with Crippen molar-refractivity contribution in [3.8, 4) is 17.0 Å². The second kappa shape index (κ2) is 10.5. The quantitative estimate of drug-likeness (QED) is 0.322. The zero-order valence-corrected chi connectivity index (χ0v) is 24.9. The number of aliphatic hydroxyl groups is 1. The maximum absolute atomic E-state index is 15.5. The Hall–Kier alpha value is -3.80. The summed E-state index contributed by atoms with van der Waals surface area (Å²) in [5, 5.41) is 14.1. The predicted octanol–water partition coefficient (Wildman–Crippen LogP) is 4.99. The van der Waals surface area contributed by atoms with Gasteiger partial charge >= 0.3 is 0 Å². The zero-order chi connectivity index (χ0) is 29.9. The number of imidazole rings is 1. The number of carbonyl (C=O) groups excluding carboxylic acids is 1. The zero-order valence-electron chi connectivity index (χ0n) is 24.2. The predicted molar refractivity (Wildman–Crippen MR) is 159 cm³/mol. The summed E-state index contributed by atoms with van der Waals surface area (Å²) >= 11 is 6.54. The number of rotatable bonds is 6. The lowest BCUT2D eigenvalue weighted by molar-refractivity contribution is 0.0615. The van der Waals surface area contributed by atoms with Gasteiger partial charge in [-0.15, -0.1) is 0 Å². The topological polar surface area (TPSA) is 109 Å². The minimum Gasteiger partial charge on any atom is -0.488 e. The van der Waals surface area contributed by atoms with Gasteiger partial charge in [0.25, 0.3) is 5.91 Å². The molecular formula is C30H33ClFN7O3. The lowest BCUT2D eigenvalue weighted by Crippen LogP contribution is -2.34. The van der Waals surface area contributed by atoms with Crippen molar-refractivity contribution < 1.29 is 19.0 Å². The van der Waals surface area contributed by atoms with E-state index in [2.05, 4.69) is 25.2 Å². The summed E-state index contributed by atoms with van der Waals surface area (Å²) < 4.78 is 23.4. The molecule has 1 amide bonds. The average Bonchev–Trinajstić information content (AvgIpc) is 3.60.